The molecule has 3 aromatic heterocycles. The molecular formula is C34H55N9O3. The molecule has 2 aliphatic heterocycles. The first-order chi connectivity index (χ1) is 22.4. The zero-order chi connectivity index (χ0) is 32.4. The third-order valence-corrected chi connectivity index (χ3v) is 9.45. The lowest BCUT2D eigenvalue weighted by Crippen LogP contribution is -2.50. The number of hydrogen-bond acceptors (Lipinski definition) is 11. The summed E-state index contributed by atoms with van der Waals surface area (Å²) in [5, 5.41) is 3.39. The van der Waals surface area contributed by atoms with Crippen molar-refractivity contribution < 1.29 is 14.2 Å². The summed E-state index contributed by atoms with van der Waals surface area (Å²) in [7, 11) is 1.88. The Morgan fingerprint density at radius 3 is 2.33 bits per heavy atom. The van der Waals surface area contributed by atoms with E-state index in [-0.39, 0.29) is 5.60 Å². The first kappa shape index (κ1) is 34.4. The van der Waals surface area contributed by atoms with Gasteiger partial charge >= 0.3 is 0 Å². The van der Waals surface area contributed by atoms with Crippen molar-refractivity contribution >= 4 is 28.6 Å². The molecule has 0 bridgehead atoms. The summed E-state index contributed by atoms with van der Waals surface area (Å²) in [5.74, 6) is 3.21. The monoisotopic (exact) mass is 637 g/mol. The molecule has 12 heteroatoms. The van der Waals surface area contributed by atoms with Gasteiger partial charge in [-0.1, -0.05) is 0 Å². The lowest BCUT2D eigenvalue weighted by molar-refractivity contribution is -0.0441. The first-order valence-electron chi connectivity index (χ1n) is 17.2. The Hall–Kier alpha value is -2.90. The lowest BCUT2D eigenvalue weighted by Gasteiger charge is -2.42. The van der Waals surface area contributed by atoms with Crippen molar-refractivity contribution in [1.82, 2.24) is 34.3 Å². The van der Waals surface area contributed by atoms with Crippen molar-refractivity contribution in [3.05, 3.63) is 30.4 Å². The number of anilines is 3. The molecule has 3 aromatic rings. The van der Waals surface area contributed by atoms with E-state index >= 15 is 0 Å². The Morgan fingerprint density at radius 1 is 0.891 bits per heavy atom. The van der Waals surface area contributed by atoms with Gasteiger partial charge in [-0.3, -0.25) is 0 Å². The molecule has 46 heavy (non-hydrogen) atoms. The van der Waals surface area contributed by atoms with Crippen LogP contribution in [0.4, 0.5) is 17.6 Å². The van der Waals surface area contributed by atoms with E-state index in [0.29, 0.717) is 6.04 Å². The van der Waals surface area contributed by atoms with E-state index < -0.39 is 0 Å². The number of nitrogens with one attached hydrogen (secondary N) is 1. The number of methoxy groups -OCH3 is 1. The molecule has 2 aliphatic rings. The summed E-state index contributed by atoms with van der Waals surface area (Å²) in [5.41, 5.74) is 1.87. The van der Waals surface area contributed by atoms with Gasteiger partial charge in [-0.25, -0.2) is 15.0 Å². The van der Waals surface area contributed by atoms with E-state index in [1.165, 1.54) is 0 Å². The second kappa shape index (κ2) is 16.8. The molecule has 2 fully saturated rings. The van der Waals surface area contributed by atoms with E-state index in [4.69, 9.17) is 19.2 Å². The van der Waals surface area contributed by atoms with Crippen LogP contribution in [0.5, 0.6) is 0 Å². The van der Waals surface area contributed by atoms with Crippen LogP contribution in [0.1, 0.15) is 64.7 Å². The van der Waals surface area contributed by atoms with Gasteiger partial charge in [0.25, 0.3) is 0 Å². The van der Waals surface area contributed by atoms with Crippen LogP contribution < -0.4 is 10.2 Å². The maximum Gasteiger partial charge on any atom is 0.227 e. The molecule has 0 radical (unpaired) electrons. The minimum atomic E-state index is -0.0974. The van der Waals surface area contributed by atoms with Crippen molar-refractivity contribution in [1.29, 1.82) is 0 Å². The van der Waals surface area contributed by atoms with Gasteiger partial charge in [0.15, 0.2) is 0 Å². The fraction of sp³-hybridized carbons (Fsp3) is 0.706. The Morgan fingerprint density at radius 2 is 1.61 bits per heavy atom. The van der Waals surface area contributed by atoms with Crippen LogP contribution in [0.15, 0.2) is 24.5 Å². The topological polar surface area (TPSA) is 106 Å². The summed E-state index contributed by atoms with van der Waals surface area (Å²) in [4.78, 5) is 26.2. The number of ether oxygens (including phenoxy) is 3. The number of hydrogen-bond donors (Lipinski definition) is 1. The molecule has 0 aromatic carbocycles. The number of rotatable bonds is 17. The van der Waals surface area contributed by atoms with Gasteiger partial charge in [0, 0.05) is 104 Å². The summed E-state index contributed by atoms with van der Waals surface area (Å²) in [6.07, 6.45) is 8.70. The lowest BCUT2D eigenvalue weighted by atomic mass is 9.87. The van der Waals surface area contributed by atoms with E-state index in [9.17, 15) is 0 Å². The second-order valence-corrected chi connectivity index (χ2v) is 12.9. The molecule has 12 nitrogen and oxygen atoms in total. The van der Waals surface area contributed by atoms with Crippen LogP contribution in [0.25, 0.3) is 11.0 Å². The van der Waals surface area contributed by atoms with Gasteiger partial charge in [-0.05, 0) is 65.9 Å². The Labute approximate surface area is 274 Å². The highest BCUT2D eigenvalue weighted by Crippen LogP contribution is 2.31. The Balaban J connectivity index is 1.05. The predicted molar refractivity (Wildman–Crippen MR) is 183 cm³/mol. The molecule has 0 unspecified atom stereocenters. The highest BCUT2D eigenvalue weighted by molar-refractivity contribution is 5.79. The summed E-state index contributed by atoms with van der Waals surface area (Å²) in [6, 6.07) is 4.26. The van der Waals surface area contributed by atoms with Crippen LogP contribution in [0.2, 0.25) is 0 Å². The van der Waals surface area contributed by atoms with Crippen LogP contribution in [0, 0.1) is 6.92 Å². The molecule has 0 atom stereocenters. The Bertz CT molecular complexity index is 1350. The van der Waals surface area contributed by atoms with E-state index in [2.05, 4.69) is 53.4 Å². The zero-order valence-electron chi connectivity index (χ0n) is 28.7. The van der Waals surface area contributed by atoms with Gasteiger partial charge in [0.2, 0.25) is 5.95 Å². The number of imidazole rings is 1. The van der Waals surface area contributed by atoms with Crippen LogP contribution in [0.3, 0.4) is 0 Å². The molecule has 5 heterocycles. The second-order valence-electron chi connectivity index (χ2n) is 12.9. The minimum absolute atomic E-state index is 0.0974. The number of aromatic nitrogens is 5. The van der Waals surface area contributed by atoms with Crippen molar-refractivity contribution in [2.24, 2.45) is 0 Å². The SMILES string of the molecule is CCOCCCOCCCN1CCN(CCC2(OC)CCN(c3nccc(Nc4cc5c(cn4)nc(C)n5C(C)C)n3)CC2)CC1. The fourth-order valence-corrected chi connectivity index (χ4v) is 6.71. The van der Waals surface area contributed by atoms with Crippen molar-refractivity contribution in [3.8, 4) is 0 Å². The molecule has 0 amide bonds. The number of pyridine rings is 1. The molecule has 1 N–H and O–H groups in total. The van der Waals surface area contributed by atoms with Gasteiger partial charge in [0.05, 0.1) is 17.3 Å². The quantitative estimate of drug-likeness (QED) is 0.209. The smallest absolute Gasteiger partial charge is 0.227 e. The van der Waals surface area contributed by atoms with Crippen LogP contribution >= 0.6 is 0 Å². The van der Waals surface area contributed by atoms with Gasteiger partial charge < -0.3 is 38.8 Å². The van der Waals surface area contributed by atoms with E-state index in [1.807, 2.05) is 45.5 Å². The average molecular weight is 638 g/mol. The first-order valence-corrected chi connectivity index (χ1v) is 17.2. The van der Waals surface area contributed by atoms with Crippen LogP contribution in [-0.2, 0) is 14.2 Å². The van der Waals surface area contributed by atoms with Crippen molar-refractivity contribution in [2.45, 2.75) is 71.4 Å². The number of fused-ring (bicyclic) bond motifs is 1. The van der Waals surface area contributed by atoms with E-state index in [0.717, 1.165) is 145 Å². The summed E-state index contributed by atoms with van der Waals surface area (Å²) in [6.45, 7) is 20.1. The third kappa shape index (κ3) is 9.13. The fourth-order valence-electron chi connectivity index (χ4n) is 6.71. The number of piperidine rings is 1. The molecule has 5 rings (SSSR count). The minimum Gasteiger partial charge on any atom is -0.382 e. The van der Waals surface area contributed by atoms with Crippen molar-refractivity contribution in [2.75, 3.05) is 96.1 Å². The zero-order valence-corrected chi connectivity index (χ0v) is 28.7. The Kier molecular flexibility index (Phi) is 12.6. The maximum atomic E-state index is 6.19. The maximum absolute atomic E-state index is 6.19. The number of nitrogens with zero attached hydrogens (tertiary/aromatic N) is 8. The molecule has 2 saturated heterocycles. The molecule has 254 valence electrons. The highest BCUT2D eigenvalue weighted by atomic mass is 16.5. The molecule has 0 spiro atoms. The van der Waals surface area contributed by atoms with Gasteiger partial charge in [-0.15, -0.1) is 0 Å². The largest absolute Gasteiger partial charge is 0.382 e. The standard InChI is InChI=1S/C34H55N9O3/c1-6-45-23-8-24-46-22-7-14-40-18-20-41(21-19-40)15-10-34(44-5)11-16-42(17-12-34)33-35-13-9-31(39-33)38-32-25-30-29(26-36-32)37-28(4)43(30)27(2)3/h9,13,25-27H,6-8,10-12,14-24H2,1-5H3,(H,35,36,38,39). The van der Waals surface area contributed by atoms with Crippen molar-refractivity contribution in [3.63, 3.8) is 0 Å². The van der Waals surface area contributed by atoms with Gasteiger partial charge in [-0.2, -0.15) is 4.98 Å². The number of aryl methyl sites for hydroxylation is 1. The average Bonchev–Trinajstić information content (AvgIpc) is 3.41. The van der Waals surface area contributed by atoms with Gasteiger partial charge in [0.1, 0.15) is 23.0 Å². The summed E-state index contributed by atoms with van der Waals surface area (Å²) >= 11 is 0. The normalized spacial score (nSPS) is 17.7. The van der Waals surface area contributed by atoms with Crippen LogP contribution in [-0.4, -0.2) is 126 Å². The van der Waals surface area contributed by atoms with E-state index in [1.54, 1.807) is 0 Å². The summed E-state index contributed by atoms with van der Waals surface area (Å²) < 4.78 is 19.5. The molecule has 0 aliphatic carbocycles. The molecular weight excluding hydrogens is 582 g/mol. The predicted octanol–water partition coefficient (Wildman–Crippen LogP) is 4.68. The third-order valence-electron chi connectivity index (χ3n) is 9.45. The number of piperazine rings is 1. The highest BCUT2D eigenvalue weighted by Gasteiger charge is 2.36. The molecule has 0 saturated carbocycles.